The average Bonchev–Trinajstić information content (AvgIpc) is 2.53. The van der Waals surface area contributed by atoms with Crippen LogP contribution >= 0.6 is 0 Å². The highest BCUT2D eigenvalue weighted by atomic mass is 32.2. The second-order valence-electron chi connectivity index (χ2n) is 5.87. The van der Waals surface area contributed by atoms with Gasteiger partial charge in [-0.15, -0.1) is 0 Å². The zero-order valence-corrected chi connectivity index (χ0v) is 14.7. The molecule has 4 nitrogen and oxygen atoms in total. The van der Waals surface area contributed by atoms with E-state index in [0.717, 1.165) is 30.3 Å². The van der Waals surface area contributed by atoms with Crippen LogP contribution in [-0.4, -0.2) is 27.4 Å². The van der Waals surface area contributed by atoms with Crippen LogP contribution in [0.4, 0.5) is 13.2 Å². The molecule has 0 aliphatic rings. The Bertz CT molecular complexity index is 817. The van der Waals surface area contributed by atoms with E-state index in [0.29, 0.717) is 5.56 Å². The van der Waals surface area contributed by atoms with Crippen molar-refractivity contribution >= 4 is 10.0 Å². The van der Waals surface area contributed by atoms with E-state index in [-0.39, 0.29) is 6.54 Å². The SMILES string of the molecule is CN(C)Cc1ccc(CNS(=O)(=O)c2ccccc2C(F)(F)F)cc1. The van der Waals surface area contributed by atoms with Crippen LogP contribution in [0.1, 0.15) is 16.7 Å². The van der Waals surface area contributed by atoms with Gasteiger partial charge in [0.25, 0.3) is 0 Å². The second kappa shape index (κ2) is 7.55. The van der Waals surface area contributed by atoms with Crippen LogP contribution in [0.5, 0.6) is 0 Å². The smallest absolute Gasteiger partial charge is 0.305 e. The molecular formula is C17H19F3N2O2S. The lowest BCUT2D eigenvalue weighted by Gasteiger charge is -2.14. The summed E-state index contributed by atoms with van der Waals surface area (Å²) in [6.07, 6.45) is -4.74. The first kappa shape index (κ1) is 19.4. The van der Waals surface area contributed by atoms with Crippen molar-refractivity contribution in [3.8, 4) is 0 Å². The maximum atomic E-state index is 13.0. The van der Waals surface area contributed by atoms with Gasteiger partial charge in [-0.05, 0) is 37.4 Å². The van der Waals surface area contributed by atoms with Gasteiger partial charge in [-0.3, -0.25) is 0 Å². The minimum Gasteiger partial charge on any atom is -0.305 e. The first-order chi connectivity index (χ1) is 11.6. The van der Waals surface area contributed by atoms with Gasteiger partial charge in [0, 0.05) is 13.1 Å². The lowest BCUT2D eigenvalue weighted by atomic mass is 10.1. The molecule has 2 aromatic rings. The van der Waals surface area contributed by atoms with Crippen molar-refractivity contribution in [3.63, 3.8) is 0 Å². The Labute approximate surface area is 145 Å². The van der Waals surface area contributed by atoms with E-state index in [4.69, 9.17) is 0 Å². The van der Waals surface area contributed by atoms with Gasteiger partial charge in [-0.25, -0.2) is 13.1 Å². The Kier molecular flexibility index (Phi) is 5.87. The third kappa shape index (κ3) is 5.29. The number of halogens is 3. The first-order valence-corrected chi connectivity index (χ1v) is 8.96. The average molecular weight is 372 g/mol. The van der Waals surface area contributed by atoms with Crippen LogP contribution in [0.15, 0.2) is 53.4 Å². The molecule has 0 saturated carbocycles. The molecule has 0 amide bonds. The summed E-state index contributed by atoms with van der Waals surface area (Å²) in [7, 11) is -0.418. The lowest BCUT2D eigenvalue weighted by Crippen LogP contribution is -2.26. The van der Waals surface area contributed by atoms with Crippen molar-refractivity contribution < 1.29 is 21.6 Å². The predicted molar refractivity (Wildman–Crippen MR) is 89.3 cm³/mol. The highest BCUT2D eigenvalue weighted by Gasteiger charge is 2.36. The molecule has 2 aromatic carbocycles. The number of nitrogens with one attached hydrogen (secondary N) is 1. The molecular weight excluding hydrogens is 353 g/mol. The molecule has 0 bridgehead atoms. The molecule has 1 N–H and O–H groups in total. The van der Waals surface area contributed by atoms with Crippen molar-refractivity contribution in [1.82, 2.24) is 9.62 Å². The zero-order chi connectivity index (χ0) is 18.7. The van der Waals surface area contributed by atoms with E-state index < -0.39 is 26.7 Å². The van der Waals surface area contributed by atoms with Gasteiger partial charge in [-0.2, -0.15) is 13.2 Å². The molecule has 136 valence electrons. The van der Waals surface area contributed by atoms with Crippen LogP contribution < -0.4 is 4.72 Å². The number of benzene rings is 2. The fourth-order valence-electron chi connectivity index (χ4n) is 2.32. The van der Waals surface area contributed by atoms with Gasteiger partial charge < -0.3 is 4.90 Å². The van der Waals surface area contributed by atoms with Crippen molar-refractivity contribution in [2.45, 2.75) is 24.2 Å². The maximum absolute atomic E-state index is 13.0. The van der Waals surface area contributed by atoms with E-state index in [1.54, 1.807) is 12.1 Å². The van der Waals surface area contributed by atoms with Crippen molar-refractivity contribution in [3.05, 3.63) is 65.2 Å². The molecule has 0 fully saturated rings. The first-order valence-electron chi connectivity index (χ1n) is 7.48. The fourth-order valence-corrected chi connectivity index (χ4v) is 3.56. The summed E-state index contributed by atoms with van der Waals surface area (Å²) in [4.78, 5) is 1.22. The predicted octanol–water partition coefficient (Wildman–Crippen LogP) is 3.25. The van der Waals surface area contributed by atoms with Crippen molar-refractivity contribution in [1.29, 1.82) is 0 Å². The van der Waals surface area contributed by atoms with E-state index >= 15 is 0 Å². The molecule has 25 heavy (non-hydrogen) atoms. The quantitative estimate of drug-likeness (QED) is 0.847. The number of hydrogen-bond acceptors (Lipinski definition) is 3. The molecule has 0 atom stereocenters. The normalized spacial score (nSPS) is 12.6. The summed E-state index contributed by atoms with van der Waals surface area (Å²) >= 11 is 0. The standard InChI is InChI=1S/C17H19F3N2O2S/c1-22(2)12-14-9-7-13(8-10-14)11-21-25(23,24)16-6-4-3-5-15(16)17(18,19)20/h3-10,21H,11-12H2,1-2H3. The molecule has 2 rings (SSSR count). The number of hydrogen-bond donors (Lipinski definition) is 1. The van der Waals surface area contributed by atoms with Crippen LogP contribution in [0.3, 0.4) is 0 Å². The third-order valence-electron chi connectivity index (χ3n) is 3.47. The second-order valence-corrected chi connectivity index (χ2v) is 7.61. The topological polar surface area (TPSA) is 49.4 Å². The van der Waals surface area contributed by atoms with Gasteiger partial charge in [0.05, 0.1) is 10.5 Å². The van der Waals surface area contributed by atoms with Crippen molar-refractivity contribution in [2.75, 3.05) is 14.1 Å². The Hall–Kier alpha value is -1.90. The maximum Gasteiger partial charge on any atom is 0.417 e. The fraction of sp³-hybridized carbons (Fsp3) is 0.294. The van der Waals surface area contributed by atoms with E-state index in [1.165, 1.54) is 6.07 Å². The van der Waals surface area contributed by atoms with Crippen LogP contribution in [-0.2, 0) is 29.3 Å². The molecule has 8 heteroatoms. The van der Waals surface area contributed by atoms with Gasteiger partial charge in [-0.1, -0.05) is 36.4 Å². The summed E-state index contributed by atoms with van der Waals surface area (Å²) in [6.45, 7) is 0.654. The van der Waals surface area contributed by atoms with Crippen molar-refractivity contribution in [2.24, 2.45) is 0 Å². The van der Waals surface area contributed by atoms with E-state index in [9.17, 15) is 21.6 Å². The van der Waals surface area contributed by atoms with Crippen LogP contribution in [0.25, 0.3) is 0 Å². The monoisotopic (exact) mass is 372 g/mol. The molecule has 0 aliphatic carbocycles. The summed E-state index contributed by atoms with van der Waals surface area (Å²) in [5.41, 5.74) is 0.540. The Balaban J connectivity index is 2.15. The summed E-state index contributed by atoms with van der Waals surface area (Å²) in [6, 6.07) is 11.3. The summed E-state index contributed by atoms with van der Waals surface area (Å²) in [5.74, 6) is 0. The van der Waals surface area contributed by atoms with Crippen LogP contribution in [0, 0.1) is 0 Å². The molecule has 0 unspecified atom stereocenters. The zero-order valence-electron chi connectivity index (χ0n) is 13.8. The van der Waals surface area contributed by atoms with Crippen LogP contribution in [0.2, 0.25) is 0 Å². The summed E-state index contributed by atoms with van der Waals surface area (Å²) in [5, 5.41) is 0. The molecule has 0 aromatic heterocycles. The molecule has 0 heterocycles. The molecule has 0 radical (unpaired) electrons. The Morgan fingerprint density at radius 1 is 0.960 bits per heavy atom. The Morgan fingerprint density at radius 3 is 2.08 bits per heavy atom. The molecule has 0 saturated heterocycles. The number of sulfonamides is 1. The molecule has 0 aliphatic heterocycles. The lowest BCUT2D eigenvalue weighted by molar-refractivity contribution is -0.139. The van der Waals surface area contributed by atoms with Gasteiger partial charge in [0.1, 0.15) is 0 Å². The molecule has 0 spiro atoms. The van der Waals surface area contributed by atoms with E-state index in [1.807, 2.05) is 31.1 Å². The van der Waals surface area contributed by atoms with E-state index in [2.05, 4.69) is 4.72 Å². The highest BCUT2D eigenvalue weighted by Crippen LogP contribution is 2.33. The minimum absolute atomic E-state index is 0.0865. The number of alkyl halides is 3. The minimum atomic E-state index is -4.74. The summed E-state index contributed by atoms with van der Waals surface area (Å²) < 4.78 is 65.7. The Morgan fingerprint density at radius 2 is 1.52 bits per heavy atom. The number of rotatable bonds is 6. The van der Waals surface area contributed by atoms with Gasteiger partial charge >= 0.3 is 6.18 Å². The van der Waals surface area contributed by atoms with Gasteiger partial charge in [0.2, 0.25) is 10.0 Å². The largest absolute Gasteiger partial charge is 0.417 e. The highest BCUT2D eigenvalue weighted by molar-refractivity contribution is 7.89. The number of nitrogens with zero attached hydrogens (tertiary/aromatic N) is 1. The third-order valence-corrected chi connectivity index (χ3v) is 4.93. The van der Waals surface area contributed by atoms with Gasteiger partial charge in [0.15, 0.2) is 0 Å².